The highest BCUT2D eigenvalue weighted by atomic mass is 16.8. The highest BCUT2D eigenvalue weighted by Crippen LogP contribution is 2.71. The summed E-state index contributed by atoms with van der Waals surface area (Å²) < 4.78 is 94.3. The van der Waals surface area contributed by atoms with Crippen LogP contribution in [0.3, 0.4) is 0 Å². The fourth-order valence-corrected chi connectivity index (χ4v) is 16.5. The standard InChI is InChI=1S/C64H96O24/c1-32-55(85-49-27-41(75-9)56(33(2)79-49)86-50-28-42(76-10)57(34(3)80-50)87-51-29-43(77-11)58(35(4)81-51)88-59-54(70)53(69)52(68)44(31-65)83-59)40(74-8)26-48(78-32)82-39-20-21-60(6)38(25-39)19-22-63(72)45(60)30-46(84-47(67)18-17-37-15-13-12-14-16-37)61(7)62(71,36(5)66)23-24-64(61,63)73/h12-19,32-35,39-46,48-59,65,68-73H,20-31H2,1-11H3/b18-17+/t32-,33-,34-,35-,39+,40+,41-,42-,43-,44-,45-,46-,48+,49+,50+,51+,52-,53+,54-,55-,56-,57-,58-,59+,60+,61-,62-,63+,64-/m1/s1. The van der Waals surface area contributed by atoms with Gasteiger partial charge < -0.3 is 107 Å². The van der Waals surface area contributed by atoms with Gasteiger partial charge in [-0.2, -0.15) is 0 Å². The molecule has 0 spiro atoms. The van der Waals surface area contributed by atoms with E-state index in [1.807, 2.05) is 57.2 Å². The number of hydrogen-bond donors (Lipinski definition) is 7. The zero-order chi connectivity index (χ0) is 63.4. The van der Waals surface area contributed by atoms with Crippen molar-refractivity contribution in [1.29, 1.82) is 0 Å². The summed E-state index contributed by atoms with van der Waals surface area (Å²) in [6.07, 6.45) is -10.3. The van der Waals surface area contributed by atoms with Gasteiger partial charge >= 0.3 is 5.97 Å². The molecule has 88 heavy (non-hydrogen) atoms. The van der Waals surface area contributed by atoms with Crippen molar-refractivity contribution >= 4 is 17.8 Å². The van der Waals surface area contributed by atoms with E-state index in [2.05, 4.69) is 6.92 Å². The van der Waals surface area contributed by atoms with Gasteiger partial charge in [-0.1, -0.05) is 48.9 Å². The van der Waals surface area contributed by atoms with Crippen LogP contribution in [0.15, 0.2) is 48.1 Å². The number of methoxy groups -OCH3 is 4. The predicted molar refractivity (Wildman–Crippen MR) is 308 cm³/mol. The van der Waals surface area contributed by atoms with Gasteiger partial charge in [0.25, 0.3) is 0 Å². The van der Waals surface area contributed by atoms with Crippen molar-refractivity contribution < 1.29 is 116 Å². The summed E-state index contributed by atoms with van der Waals surface area (Å²) in [5.74, 6) is -1.84. The lowest BCUT2D eigenvalue weighted by Crippen LogP contribution is -2.78. The van der Waals surface area contributed by atoms with Crippen LogP contribution >= 0.6 is 0 Å². The van der Waals surface area contributed by atoms with E-state index in [4.69, 9.17) is 71.1 Å². The molecular formula is C64H96O24. The highest BCUT2D eigenvalue weighted by Gasteiger charge is 2.81. The van der Waals surface area contributed by atoms with Crippen molar-refractivity contribution in [2.45, 2.75) is 277 Å². The Bertz CT molecular complexity index is 2590. The third kappa shape index (κ3) is 12.4. The van der Waals surface area contributed by atoms with Crippen molar-refractivity contribution in [2.75, 3.05) is 35.0 Å². The first kappa shape index (κ1) is 67.9. The van der Waals surface area contributed by atoms with Crippen LogP contribution in [0.2, 0.25) is 0 Å². The smallest absolute Gasteiger partial charge is 0.331 e. The molecule has 0 bridgehead atoms. The Morgan fingerprint density at radius 1 is 0.625 bits per heavy atom. The van der Waals surface area contributed by atoms with Crippen LogP contribution in [-0.4, -0.2) is 241 Å². The Morgan fingerprint density at radius 2 is 1.11 bits per heavy atom. The molecule has 5 aliphatic heterocycles. The van der Waals surface area contributed by atoms with Gasteiger partial charge in [0.05, 0.1) is 67.0 Å². The van der Waals surface area contributed by atoms with E-state index in [9.17, 15) is 45.3 Å². The maximum absolute atomic E-state index is 13.7. The first-order chi connectivity index (χ1) is 41.8. The molecule has 3 saturated carbocycles. The maximum atomic E-state index is 13.7. The molecule has 0 aromatic heterocycles. The molecule has 7 N–H and O–H groups in total. The summed E-state index contributed by atoms with van der Waals surface area (Å²) >= 11 is 0. The van der Waals surface area contributed by atoms with Gasteiger partial charge in [0, 0.05) is 66.1 Å². The Balaban J connectivity index is 0.723. The van der Waals surface area contributed by atoms with Crippen LogP contribution in [0, 0.1) is 16.7 Å². The second-order valence-electron chi connectivity index (χ2n) is 26.4. The third-order valence-electron chi connectivity index (χ3n) is 21.7. The van der Waals surface area contributed by atoms with Gasteiger partial charge in [0.1, 0.15) is 71.7 Å². The van der Waals surface area contributed by atoms with Crippen molar-refractivity contribution in [3.05, 3.63) is 53.6 Å². The monoisotopic (exact) mass is 1250 g/mol. The molecule has 0 radical (unpaired) electrons. The minimum Gasteiger partial charge on any atom is -0.458 e. The molecular weight excluding hydrogens is 1150 g/mol. The number of fused-ring (bicyclic) bond motifs is 5. The molecule has 24 heteroatoms. The number of aliphatic hydroxyl groups excluding tert-OH is 4. The molecule has 10 rings (SSSR count). The molecule has 5 saturated heterocycles. The van der Waals surface area contributed by atoms with Crippen molar-refractivity contribution in [1.82, 2.24) is 0 Å². The number of carbonyl (C=O) groups excluding carboxylic acids is 2. The van der Waals surface area contributed by atoms with E-state index >= 15 is 0 Å². The summed E-state index contributed by atoms with van der Waals surface area (Å²) in [4.78, 5) is 27.0. The van der Waals surface area contributed by atoms with E-state index < -0.39 is 187 Å². The second kappa shape index (κ2) is 27.1. The van der Waals surface area contributed by atoms with E-state index in [1.54, 1.807) is 41.3 Å². The maximum Gasteiger partial charge on any atom is 0.331 e. The molecule has 0 amide bonds. The minimum atomic E-state index is -2.06. The number of Topliss-reactive ketones (excluding diaryl/α,β-unsaturated/α-hetero) is 1. The summed E-state index contributed by atoms with van der Waals surface area (Å²) in [6, 6.07) is 9.27. The number of aliphatic hydroxyl groups is 7. The molecule has 9 aliphatic rings. The van der Waals surface area contributed by atoms with Crippen LogP contribution in [0.5, 0.6) is 0 Å². The number of ketones is 1. The van der Waals surface area contributed by atoms with E-state index in [0.717, 1.165) is 11.1 Å². The Kier molecular flexibility index (Phi) is 20.9. The van der Waals surface area contributed by atoms with E-state index in [0.29, 0.717) is 38.5 Å². The SMILES string of the molecule is CO[C@H]1C[C@H](O[C@H]2CC[C@@]3(C)C(=CC[C@]4(O)[C@@H]3C[C@@H](OC(=O)/C=C/c3ccccc3)[C@@]3(C)[C@]4(O)CC[C@@]3(O)C(C)=O)C2)O[C@H](C)[C@H]1O[C@H]1C[C@@H](OC)[C@H](O[C@H]2C[C@@H](OC)[C@H](O[C@H]3C[C@@H](OC)[C@H](O[C@@H]4O[C@H](CO)[C@@H](O)[C@H](O)[C@H]4O)[C@@H](C)O3)[C@@H](C)O2)[C@@H](C)O1. The van der Waals surface area contributed by atoms with E-state index in [-0.39, 0.29) is 38.2 Å². The first-order valence-electron chi connectivity index (χ1n) is 31.4. The quantitative estimate of drug-likeness (QED) is 0.0595. The number of rotatable bonds is 19. The van der Waals surface area contributed by atoms with Crippen LogP contribution in [0.25, 0.3) is 6.08 Å². The molecule has 8 fully saturated rings. The van der Waals surface area contributed by atoms with Crippen LogP contribution in [-0.2, 0) is 80.6 Å². The van der Waals surface area contributed by atoms with Crippen LogP contribution in [0.1, 0.15) is 125 Å². The van der Waals surface area contributed by atoms with Crippen molar-refractivity contribution in [3.63, 3.8) is 0 Å². The lowest BCUT2D eigenvalue weighted by molar-refractivity contribution is -0.358. The van der Waals surface area contributed by atoms with Gasteiger partial charge in [0.2, 0.25) is 0 Å². The molecule has 5 heterocycles. The van der Waals surface area contributed by atoms with Crippen LogP contribution in [0.4, 0.5) is 0 Å². The third-order valence-corrected chi connectivity index (χ3v) is 21.7. The van der Waals surface area contributed by atoms with Crippen molar-refractivity contribution in [2.24, 2.45) is 16.7 Å². The van der Waals surface area contributed by atoms with Gasteiger partial charge in [-0.3, -0.25) is 4.79 Å². The summed E-state index contributed by atoms with van der Waals surface area (Å²) in [6.45, 7) is 11.8. The molecule has 496 valence electrons. The average molecular weight is 1250 g/mol. The number of esters is 1. The van der Waals surface area contributed by atoms with Gasteiger partial charge in [-0.15, -0.1) is 0 Å². The van der Waals surface area contributed by atoms with Crippen LogP contribution < -0.4 is 0 Å². The van der Waals surface area contributed by atoms with Gasteiger partial charge in [0.15, 0.2) is 37.2 Å². The number of carbonyl (C=O) groups is 2. The zero-order valence-corrected chi connectivity index (χ0v) is 52.5. The normalized spacial score (nSPS) is 48.9. The average Bonchev–Trinajstić information content (AvgIpc) is 1.36. The van der Waals surface area contributed by atoms with Gasteiger partial charge in [-0.25, -0.2) is 4.79 Å². The highest BCUT2D eigenvalue weighted by molar-refractivity contribution is 5.88. The Labute approximate surface area is 515 Å². The fourth-order valence-electron chi connectivity index (χ4n) is 16.5. The molecule has 29 atom stereocenters. The van der Waals surface area contributed by atoms with Crippen molar-refractivity contribution in [3.8, 4) is 0 Å². The number of benzene rings is 1. The fraction of sp³-hybridized carbons (Fsp3) is 0.812. The largest absolute Gasteiger partial charge is 0.458 e. The Hall–Kier alpha value is -3.00. The number of ether oxygens (including phenoxy) is 15. The summed E-state index contributed by atoms with van der Waals surface area (Å²) in [5, 5.41) is 79.2. The summed E-state index contributed by atoms with van der Waals surface area (Å²) in [5.41, 5.74) is -6.36. The molecule has 24 nitrogen and oxygen atoms in total. The predicted octanol–water partition coefficient (Wildman–Crippen LogP) is 3.06. The van der Waals surface area contributed by atoms with E-state index in [1.165, 1.54) is 20.1 Å². The molecule has 0 unspecified atom stereocenters. The second-order valence-corrected chi connectivity index (χ2v) is 26.4. The van der Waals surface area contributed by atoms with Gasteiger partial charge in [-0.05, 0) is 104 Å². The molecule has 1 aromatic rings. The summed E-state index contributed by atoms with van der Waals surface area (Å²) in [7, 11) is 6.34. The topological polar surface area (TPSA) is 314 Å². The lowest BCUT2D eigenvalue weighted by Gasteiger charge is -2.67. The minimum absolute atomic E-state index is 0.0639. The Morgan fingerprint density at radius 3 is 1.59 bits per heavy atom. The zero-order valence-electron chi connectivity index (χ0n) is 52.5. The first-order valence-corrected chi connectivity index (χ1v) is 31.4. The number of hydrogen-bond acceptors (Lipinski definition) is 24. The lowest BCUT2D eigenvalue weighted by atomic mass is 9.42. The molecule has 4 aliphatic carbocycles. The molecule has 1 aromatic carbocycles.